The first-order chi connectivity index (χ1) is 15.1. The fraction of sp³-hybridized carbons (Fsp3) is 0.625. The monoisotopic (exact) mass is 426 g/mol. The van der Waals surface area contributed by atoms with Crippen molar-refractivity contribution in [1.29, 1.82) is 0 Å². The van der Waals surface area contributed by atoms with Gasteiger partial charge in [0.05, 0.1) is 12.6 Å². The summed E-state index contributed by atoms with van der Waals surface area (Å²) in [5.74, 6) is 4.45. The van der Waals surface area contributed by atoms with Crippen LogP contribution in [-0.4, -0.2) is 40.4 Å². The van der Waals surface area contributed by atoms with E-state index in [1.807, 2.05) is 12.1 Å². The zero-order valence-corrected chi connectivity index (χ0v) is 19.5. The lowest BCUT2D eigenvalue weighted by molar-refractivity contribution is 0.271. The minimum atomic E-state index is 0.140. The van der Waals surface area contributed by atoms with E-state index in [4.69, 9.17) is 9.73 Å². The summed E-state index contributed by atoms with van der Waals surface area (Å²) in [6.45, 7) is 11.8. The van der Waals surface area contributed by atoms with Gasteiger partial charge in [-0.2, -0.15) is 0 Å². The number of aliphatic imine (C=N–C) groups is 1. The summed E-state index contributed by atoms with van der Waals surface area (Å²) in [4.78, 5) is 4.78. The van der Waals surface area contributed by atoms with Gasteiger partial charge < -0.3 is 19.9 Å². The summed E-state index contributed by atoms with van der Waals surface area (Å²) in [5.41, 5.74) is 1.20. The number of hydrogen-bond donors (Lipinski definition) is 2. The van der Waals surface area contributed by atoms with E-state index in [1.54, 1.807) is 0 Å². The molecule has 1 aliphatic rings. The lowest BCUT2D eigenvalue weighted by atomic mass is 10.1. The second-order valence-corrected chi connectivity index (χ2v) is 8.65. The largest absolute Gasteiger partial charge is 0.493 e. The van der Waals surface area contributed by atoms with E-state index in [9.17, 15) is 0 Å². The third kappa shape index (κ3) is 6.97. The van der Waals surface area contributed by atoms with E-state index in [2.05, 4.69) is 65.2 Å². The highest BCUT2D eigenvalue weighted by Gasteiger charge is 2.14. The van der Waals surface area contributed by atoms with E-state index in [1.165, 1.54) is 24.8 Å². The molecule has 0 radical (unpaired) electrons. The van der Waals surface area contributed by atoms with Crippen LogP contribution in [0.15, 0.2) is 29.3 Å². The first-order valence-electron chi connectivity index (χ1n) is 11.8. The Kier molecular flexibility index (Phi) is 8.74. The Bertz CT molecular complexity index is 827. The van der Waals surface area contributed by atoms with Crippen molar-refractivity contribution in [3.63, 3.8) is 0 Å². The number of aryl methyl sites for hydroxylation is 1. The number of nitrogens with zero attached hydrogens (tertiary/aromatic N) is 4. The first kappa shape index (κ1) is 23.1. The number of guanidine groups is 1. The van der Waals surface area contributed by atoms with Crippen LogP contribution in [0.4, 0.5) is 0 Å². The van der Waals surface area contributed by atoms with Gasteiger partial charge in [0, 0.05) is 32.5 Å². The predicted octanol–water partition coefficient (Wildman–Crippen LogP) is 3.90. The maximum atomic E-state index is 5.79. The number of nitrogens with one attached hydrogen (secondary N) is 2. The van der Waals surface area contributed by atoms with Crippen LogP contribution >= 0.6 is 0 Å². The minimum Gasteiger partial charge on any atom is -0.493 e. The smallest absolute Gasteiger partial charge is 0.191 e. The highest BCUT2D eigenvalue weighted by atomic mass is 16.5. The van der Waals surface area contributed by atoms with Gasteiger partial charge >= 0.3 is 0 Å². The number of aromatic nitrogens is 3. The molecule has 2 N–H and O–H groups in total. The Morgan fingerprint density at radius 1 is 1.13 bits per heavy atom. The Morgan fingerprint density at radius 3 is 2.68 bits per heavy atom. The van der Waals surface area contributed by atoms with E-state index in [-0.39, 0.29) is 6.04 Å². The molecule has 1 aliphatic heterocycles. The van der Waals surface area contributed by atoms with Gasteiger partial charge in [-0.3, -0.25) is 4.99 Å². The van der Waals surface area contributed by atoms with E-state index in [0.717, 1.165) is 55.9 Å². The first-order valence-corrected chi connectivity index (χ1v) is 11.8. The van der Waals surface area contributed by atoms with Gasteiger partial charge in [0.15, 0.2) is 5.96 Å². The fourth-order valence-corrected chi connectivity index (χ4v) is 3.72. The lowest BCUT2D eigenvalue weighted by Gasteiger charge is -2.19. The molecule has 3 rings (SSSR count). The molecule has 31 heavy (non-hydrogen) atoms. The van der Waals surface area contributed by atoms with Crippen molar-refractivity contribution in [1.82, 2.24) is 25.4 Å². The van der Waals surface area contributed by atoms with Crippen LogP contribution in [0.3, 0.4) is 0 Å². The van der Waals surface area contributed by atoms with Gasteiger partial charge in [-0.15, -0.1) is 10.2 Å². The van der Waals surface area contributed by atoms with E-state index < -0.39 is 0 Å². The zero-order chi connectivity index (χ0) is 22.1. The van der Waals surface area contributed by atoms with Crippen molar-refractivity contribution in [2.24, 2.45) is 10.9 Å². The maximum Gasteiger partial charge on any atom is 0.191 e. The molecule has 7 nitrogen and oxygen atoms in total. The molecule has 1 unspecified atom stereocenters. The predicted molar refractivity (Wildman–Crippen MR) is 126 cm³/mol. The molecule has 170 valence electrons. The van der Waals surface area contributed by atoms with Crippen LogP contribution in [0.5, 0.6) is 5.75 Å². The summed E-state index contributed by atoms with van der Waals surface area (Å²) in [7, 11) is 0. The lowest BCUT2D eigenvalue weighted by Crippen LogP contribution is -2.38. The van der Waals surface area contributed by atoms with Crippen molar-refractivity contribution in [2.45, 2.75) is 72.4 Å². The average Bonchev–Trinajstić information content (AvgIpc) is 2.98. The molecule has 0 saturated carbocycles. The Labute approximate surface area is 186 Å². The second-order valence-electron chi connectivity index (χ2n) is 8.65. The summed E-state index contributed by atoms with van der Waals surface area (Å²) in [6, 6.07) is 8.44. The van der Waals surface area contributed by atoms with Crippen molar-refractivity contribution in [3.05, 3.63) is 41.5 Å². The molecule has 7 heteroatoms. The molecule has 1 aromatic heterocycles. The van der Waals surface area contributed by atoms with Gasteiger partial charge in [0.25, 0.3) is 0 Å². The third-order valence-electron chi connectivity index (χ3n) is 5.45. The van der Waals surface area contributed by atoms with Crippen molar-refractivity contribution in [3.8, 4) is 5.75 Å². The molecule has 0 bridgehead atoms. The molecule has 0 fully saturated rings. The number of hydrogen-bond acceptors (Lipinski definition) is 4. The second kappa shape index (κ2) is 11.7. The molecular formula is C24H38N6O. The zero-order valence-electron chi connectivity index (χ0n) is 19.5. The number of fused-ring (bicyclic) bond motifs is 1. The molecular weight excluding hydrogens is 388 g/mol. The van der Waals surface area contributed by atoms with E-state index >= 15 is 0 Å². The topological polar surface area (TPSA) is 76.4 Å². The maximum absolute atomic E-state index is 5.79. The summed E-state index contributed by atoms with van der Waals surface area (Å²) >= 11 is 0. The Morgan fingerprint density at radius 2 is 1.94 bits per heavy atom. The molecule has 1 atom stereocenters. The molecule has 0 amide bonds. The summed E-state index contributed by atoms with van der Waals surface area (Å²) < 4.78 is 8.09. The average molecular weight is 427 g/mol. The Balaban J connectivity index is 1.56. The Hall–Kier alpha value is -2.57. The van der Waals surface area contributed by atoms with Crippen LogP contribution in [0, 0.1) is 5.92 Å². The molecule has 0 spiro atoms. The minimum absolute atomic E-state index is 0.140. The van der Waals surface area contributed by atoms with Crippen LogP contribution < -0.4 is 15.4 Å². The normalized spacial score (nSPS) is 15.3. The van der Waals surface area contributed by atoms with Crippen molar-refractivity contribution < 1.29 is 4.74 Å². The van der Waals surface area contributed by atoms with Crippen LogP contribution in [0.2, 0.25) is 0 Å². The van der Waals surface area contributed by atoms with Gasteiger partial charge in [0.2, 0.25) is 0 Å². The fourth-order valence-electron chi connectivity index (χ4n) is 3.72. The van der Waals surface area contributed by atoms with Gasteiger partial charge in [-0.25, -0.2) is 0 Å². The van der Waals surface area contributed by atoms with Crippen molar-refractivity contribution >= 4 is 5.96 Å². The molecule has 1 aromatic carbocycles. The standard InChI is InChI=1S/C24H38N6O/c1-5-25-24(26-15-14-23-29-28-22-9-7-6-8-16-30(22)23)27-19(4)20-10-12-21(13-11-20)31-17-18(2)3/h10-13,18-19H,5-9,14-17H2,1-4H3,(H2,25,26,27). The summed E-state index contributed by atoms with van der Waals surface area (Å²) in [5, 5.41) is 15.7. The van der Waals surface area contributed by atoms with E-state index in [0.29, 0.717) is 12.5 Å². The van der Waals surface area contributed by atoms with Crippen LogP contribution in [0.1, 0.15) is 70.2 Å². The van der Waals surface area contributed by atoms with Gasteiger partial charge in [-0.05, 0) is 50.3 Å². The highest BCUT2D eigenvalue weighted by Crippen LogP contribution is 2.18. The van der Waals surface area contributed by atoms with Gasteiger partial charge in [-0.1, -0.05) is 32.4 Å². The van der Waals surface area contributed by atoms with Gasteiger partial charge in [0.1, 0.15) is 17.4 Å². The van der Waals surface area contributed by atoms with Crippen molar-refractivity contribution in [2.75, 3.05) is 19.7 Å². The molecule has 0 aliphatic carbocycles. The highest BCUT2D eigenvalue weighted by molar-refractivity contribution is 5.80. The third-order valence-corrected chi connectivity index (χ3v) is 5.45. The molecule has 2 heterocycles. The molecule has 2 aromatic rings. The number of benzene rings is 1. The number of rotatable bonds is 9. The van der Waals surface area contributed by atoms with Crippen LogP contribution in [-0.2, 0) is 19.4 Å². The summed E-state index contributed by atoms with van der Waals surface area (Å²) in [6.07, 6.45) is 5.55. The quantitative estimate of drug-likeness (QED) is 0.470. The SMILES string of the molecule is CCNC(=NCCc1nnc2n1CCCCC2)NC(C)c1ccc(OCC(C)C)cc1. The molecule has 0 saturated heterocycles. The van der Waals surface area contributed by atoms with Crippen LogP contribution in [0.25, 0.3) is 0 Å². The number of ether oxygens (including phenoxy) is 1.